The molecule has 0 bridgehead atoms. The summed E-state index contributed by atoms with van der Waals surface area (Å²) < 4.78 is 0. The van der Waals surface area contributed by atoms with Gasteiger partial charge in [-0.05, 0) is 12.0 Å². The maximum absolute atomic E-state index is 12.6. The van der Waals surface area contributed by atoms with Crippen molar-refractivity contribution in [1.29, 1.82) is 0 Å². The fourth-order valence-electron chi connectivity index (χ4n) is 2.49. The van der Waals surface area contributed by atoms with E-state index >= 15 is 0 Å². The Kier molecular flexibility index (Phi) is 3.85. The van der Waals surface area contributed by atoms with Crippen LogP contribution in [0.5, 0.6) is 0 Å². The number of rotatable bonds is 4. The molecule has 6 heteroatoms. The summed E-state index contributed by atoms with van der Waals surface area (Å²) in [4.78, 5) is 37.5. The smallest absolute Gasteiger partial charge is 0.330 e. The lowest BCUT2D eigenvalue weighted by Gasteiger charge is -2.38. The zero-order valence-electron chi connectivity index (χ0n) is 11.1. The zero-order chi connectivity index (χ0) is 14.8. The number of hydrogen-bond donors (Lipinski definition) is 2. The molecule has 2 rings (SSSR count). The molecule has 1 aliphatic rings. The van der Waals surface area contributed by atoms with Crippen LogP contribution in [0.1, 0.15) is 18.9 Å². The molecule has 0 aromatic heterocycles. The Morgan fingerprint density at radius 1 is 1.20 bits per heavy atom. The summed E-state index contributed by atoms with van der Waals surface area (Å²) in [6.45, 7) is 1.24. The fourth-order valence-corrected chi connectivity index (χ4v) is 2.49. The van der Waals surface area contributed by atoms with Gasteiger partial charge in [0.05, 0.1) is 13.2 Å². The molecule has 1 fully saturated rings. The highest BCUT2D eigenvalue weighted by atomic mass is 16.3. The number of barbiturate groups is 1. The van der Waals surface area contributed by atoms with Crippen molar-refractivity contribution < 1.29 is 19.5 Å². The number of imide groups is 2. The standard InChI is InChI=1S/C14H16N2O4/c1-2-14(10-6-4-3-5-7-10)11(18)15-13(20)16(8-9-17)12(14)19/h3-7,17H,2,8-9H2,1H3,(H,15,18,20)/t14-/m1/s1. The minimum Gasteiger partial charge on any atom is -0.395 e. The Morgan fingerprint density at radius 3 is 2.40 bits per heavy atom. The molecule has 106 valence electrons. The Hall–Kier alpha value is -2.21. The predicted molar refractivity (Wildman–Crippen MR) is 70.7 cm³/mol. The molecule has 0 saturated carbocycles. The Bertz CT molecular complexity index is 543. The van der Waals surface area contributed by atoms with Crippen LogP contribution in [-0.4, -0.2) is 41.0 Å². The summed E-state index contributed by atoms with van der Waals surface area (Å²) in [7, 11) is 0. The van der Waals surface area contributed by atoms with E-state index in [-0.39, 0.29) is 19.6 Å². The molecule has 1 aromatic carbocycles. The van der Waals surface area contributed by atoms with Crippen LogP contribution >= 0.6 is 0 Å². The van der Waals surface area contributed by atoms with Crippen molar-refractivity contribution in [1.82, 2.24) is 10.2 Å². The van der Waals surface area contributed by atoms with Crippen LogP contribution in [0.2, 0.25) is 0 Å². The molecule has 1 saturated heterocycles. The van der Waals surface area contributed by atoms with E-state index in [2.05, 4.69) is 5.32 Å². The minimum absolute atomic E-state index is 0.132. The molecule has 1 heterocycles. The summed E-state index contributed by atoms with van der Waals surface area (Å²) in [6, 6.07) is 7.85. The number of β-amino-alcohol motifs (C(OH)–C–C–N with tert-alkyl or cyclic N) is 1. The van der Waals surface area contributed by atoms with Gasteiger partial charge < -0.3 is 5.11 Å². The van der Waals surface area contributed by atoms with Gasteiger partial charge in [0.25, 0.3) is 5.91 Å². The highest BCUT2D eigenvalue weighted by Gasteiger charge is 2.53. The lowest BCUT2D eigenvalue weighted by molar-refractivity contribution is -0.145. The highest BCUT2D eigenvalue weighted by Crippen LogP contribution is 2.33. The van der Waals surface area contributed by atoms with Gasteiger partial charge in [-0.3, -0.25) is 19.8 Å². The van der Waals surface area contributed by atoms with Crippen molar-refractivity contribution in [3.63, 3.8) is 0 Å². The van der Waals surface area contributed by atoms with Gasteiger partial charge in [-0.2, -0.15) is 0 Å². The summed E-state index contributed by atoms with van der Waals surface area (Å²) in [5, 5.41) is 11.2. The van der Waals surface area contributed by atoms with Gasteiger partial charge in [0.15, 0.2) is 5.41 Å². The van der Waals surface area contributed by atoms with Crippen LogP contribution in [0.3, 0.4) is 0 Å². The zero-order valence-corrected chi connectivity index (χ0v) is 11.1. The maximum Gasteiger partial charge on any atom is 0.330 e. The molecule has 0 unspecified atom stereocenters. The van der Waals surface area contributed by atoms with E-state index in [0.717, 1.165) is 4.90 Å². The third-order valence-electron chi connectivity index (χ3n) is 3.58. The summed E-state index contributed by atoms with van der Waals surface area (Å²) in [6.07, 6.45) is 0.233. The third kappa shape index (κ3) is 1.98. The van der Waals surface area contributed by atoms with Crippen molar-refractivity contribution in [3.8, 4) is 0 Å². The first-order valence-electron chi connectivity index (χ1n) is 6.41. The molecular formula is C14H16N2O4. The first kappa shape index (κ1) is 14.2. The quantitative estimate of drug-likeness (QED) is 0.780. The average molecular weight is 276 g/mol. The van der Waals surface area contributed by atoms with Gasteiger partial charge in [0.2, 0.25) is 5.91 Å². The topological polar surface area (TPSA) is 86.7 Å². The van der Waals surface area contributed by atoms with Crippen LogP contribution in [0, 0.1) is 0 Å². The molecule has 0 spiro atoms. The molecule has 4 amide bonds. The second-order valence-electron chi connectivity index (χ2n) is 4.56. The van der Waals surface area contributed by atoms with Crippen molar-refractivity contribution in [2.45, 2.75) is 18.8 Å². The number of amides is 4. The number of carbonyl (C=O) groups is 3. The first-order valence-corrected chi connectivity index (χ1v) is 6.41. The number of nitrogens with one attached hydrogen (secondary N) is 1. The number of urea groups is 1. The van der Waals surface area contributed by atoms with Crippen LogP contribution in [0.15, 0.2) is 30.3 Å². The van der Waals surface area contributed by atoms with E-state index in [0.29, 0.717) is 5.56 Å². The van der Waals surface area contributed by atoms with E-state index in [9.17, 15) is 14.4 Å². The fraction of sp³-hybridized carbons (Fsp3) is 0.357. The number of carbonyl (C=O) groups excluding carboxylic acids is 3. The van der Waals surface area contributed by atoms with Crippen molar-refractivity contribution in [2.75, 3.05) is 13.2 Å². The lowest BCUT2D eigenvalue weighted by Crippen LogP contribution is -2.66. The van der Waals surface area contributed by atoms with Gasteiger partial charge in [-0.25, -0.2) is 4.79 Å². The summed E-state index contributed by atoms with van der Waals surface area (Å²) in [5.74, 6) is -1.20. The first-order chi connectivity index (χ1) is 9.57. The predicted octanol–water partition coefficient (Wildman–Crippen LogP) is 0.405. The number of aliphatic hydroxyl groups is 1. The van der Waals surface area contributed by atoms with Crippen LogP contribution in [-0.2, 0) is 15.0 Å². The summed E-state index contributed by atoms with van der Waals surface area (Å²) in [5.41, 5.74) is -0.870. The molecule has 2 N–H and O–H groups in total. The molecular weight excluding hydrogens is 260 g/mol. The molecule has 1 aromatic rings. The van der Waals surface area contributed by atoms with Crippen LogP contribution in [0.25, 0.3) is 0 Å². The molecule has 1 aliphatic heterocycles. The van der Waals surface area contributed by atoms with Crippen molar-refractivity contribution in [3.05, 3.63) is 35.9 Å². The Morgan fingerprint density at radius 2 is 1.85 bits per heavy atom. The lowest BCUT2D eigenvalue weighted by atomic mass is 9.75. The van der Waals surface area contributed by atoms with Gasteiger partial charge >= 0.3 is 6.03 Å². The summed E-state index contributed by atoms with van der Waals surface area (Å²) >= 11 is 0. The molecule has 1 atom stereocenters. The second kappa shape index (κ2) is 5.42. The Labute approximate surface area is 116 Å². The largest absolute Gasteiger partial charge is 0.395 e. The minimum atomic E-state index is -1.41. The van der Waals surface area contributed by atoms with E-state index in [1.54, 1.807) is 37.3 Å². The average Bonchev–Trinajstić information content (AvgIpc) is 2.45. The van der Waals surface area contributed by atoms with Gasteiger partial charge in [-0.15, -0.1) is 0 Å². The number of nitrogens with zero attached hydrogens (tertiary/aromatic N) is 1. The highest BCUT2D eigenvalue weighted by molar-refractivity contribution is 6.22. The SMILES string of the molecule is CC[C@@]1(c2ccccc2)C(=O)NC(=O)N(CCO)C1=O. The van der Waals surface area contributed by atoms with Gasteiger partial charge in [-0.1, -0.05) is 37.3 Å². The maximum atomic E-state index is 12.6. The monoisotopic (exact) mass is 276 g/mol. The van der Waals surface area contributed by atoms with E-state index in [4.69, 9.17) is 5.11 Å². The van der Waals surface area contributed by atoms with E-state index < -0.39 is 23.3 Å². The van der Waals surface area contributed by atoms with Crippen molar-refractivity contribution >= 4 is 17.8 Å². The molecule has 6 nitrogen and oxygen atoms in total. The van der Waals surface area contributed by atoms with Gasteiger partial charge in [0.1, 0.15) is 0 Å². The number of benzene rings is 1. The Balaban J connectivity index is 2.53. The van der Waals surface area contributed by atoms with E-state index in [1.807, 2.05) is 0 Å². The molecule has 0 radical (unpaired) electrons. The van der Waals surface area contributed by atoms with Crippen LogP contribution < -0.4 is 5.32 Å². The molecule has 0 aliphatic carbocycles. The number of hydrogen-bond acceptors (Lipinski definition) is 4. The third-order valence-corrected chi connectivity index (χ3v) is 3.58. The van der Waals surface area contributed by atoms with E-state index in [1.165, 1.54) is 0 Å². The van der Waals surface area contributed by atoms with Crippen LogP contribution in [0.4, 0.5) is 4.79 Å². The second-order valence-corrected chi connectivity index (χ2v) is 4.56. The van der Waals surface area contributed by atoms with Gasteiger partial charge in [0, 0.05) is 0 Å². The molecule has 20 heavy (non-hydrogen) atoms. The number of aliphatic hydroxyl groups excluding tert-OH is 1. The van der Waals surface area contributed by atoms with Crippen molar-refractivity contribution in [2.24, 2.45) is 0 Å². The normalized spacial score (nSPS) is 22.9.